The molecule has 7 nitrogen and oxygen atoms in total. The smallest absolute Gasteiger partial charge is 0.255 e. The number of rotatable bonds is 5. The van der Waals surface area contributed by atoms with E-state index in [9.17, 15) is 14.4 Å². The van der Waals surface area contributed by atoms with E-state index in [2.05, 4.69) is 17.1 Å². The normalized spacial score (nSPS) is 23.7. The number of fused-ring (bicyclic) bond motifs is 1. The van der Waals surface area contributed by atoms with E-state index in [0.29, 0.717) is 25.1 Å². The van der Waals surface area contributed by atoms with E-state index in [1.807, 2.05) is 12.1 Å². The van der Waals surface area contributed by atoms with Crippen LogP contribution in [0.4, 0.5) is 0 Å². The van der Waals surface area contributed by atoms with E-state index < -0.39 is 6.04 Å². The maximum Gasteiger partial charge on any atom is 0.255 e. The highest BCUT2D eigenvalue weighted by Gasteiger charge is 2.39. The summed E-state index contributed by atoms with van der Waals surface area (Å²) in [6.45, 7) is 6.47. The predicted molar refractivity (Wildman–Crippen MR) is 103 cm³/mol. The molecule has 1 N–H and O–H groups in total. The molecular weight excluding hydrogens is 358 g/mol. The summed E-state index contributed by atoms with van der Waals surface area (Å²) in [5.74, 6) is 0.758. The Kier molecular flexibility index (Phi) is 5.35. The molecule has 3 amide bonds. The summed E-state index contributed by atoms with van der Waals surface area (Å²) in [6.07, 6.45) is 3.14. The number of amides is 3. The van der Waals surface area contributed by atoms with Gasteiger partial charge in [-0.1, -0.05) is 6.92 Å². The van der Waals surface area contributed by atoms with E-state index in [1.165, 1.54) is 12.8 Å². The molecule has 3 heterocycles. The zero-order valence-electron chi connectivity index (χ0n) is 16.3. The van der Waals surface area contributed by atoms with Crippen molar-refractivity contribution >= 4 is 17.7 Å². The Morgan fingerprint density at radius 1 is 1.14 bits per heavy atom. The van der Waals surface area contributed by atoms with Crippen molar-refractivity contribution in [1.29, 1.82) is 0 Å². The molecule has 0 aliphatic carbocycles. The molecule has 1 aromatic rings. The number of benzene rings is 1. The summed E-state index contributed by atoms with van der Waals surface area (Å²) in [4.78, 5) is 40.2. The number of imide groups is 1. The standard InChI is InChI=1S/C21H27N3O4/c1-14-6-8-23(9-7-14)10-11-28-16-2-3-17-15(12-16)13-24(21(17)27)18-4-5-19(25)22-20(18)26/h2-3,12,14,18H,4-11,13H2,1H3,(H,22,25,26). The van der Waals surface area contributed by atoms with Gasteiger partial charge in [0.1, 0.15) is 18.4 Å². The first-order valence-electron chi connectivity index (χ1n) is 10.1. The number of carbonyl (C=O) groups excluding carboxylic acids is 3. The monoisotopic (exact) mass is 385 g/mol. The van der Waals surface area contributed by atoms with Gasteiger partial charge in [0, 0.05) is 25.1 Å². The summed E-state index contributed by atoms with van der Waals surface area (Å²) < 4.78 is 5.92. The van der Waals surface area contributed by atoms with Crippen LogP contribution in [0.3, 0.4) is 0 Å². The zero-order chi connectivity index (χ0) is 19.7. The first-order chi connectivity index (χ1) is 13.5. The van der Waals surface area contributed by atoms with E-state index in [-0.39, 0.29) is 24.1 Å². The van der Waals surface area contributed by atoms with Crippen molar-refractivity contribution in [2.75, 3.05) is 26.2 Å². The van der Waals surface area contributed by atoms with Gasteiger partial charge in [-0.3, -0.25) is 24.6 Å². The number of ether oxygens (including phenoxy) is 1. The van der Waals surface area contributed by atoms with Crippen molar-refractivity contribution in [3.8, 4) is 5.75 Å². The van der Waals surface area contributed by atoms with E-state index in [4.69, 9.17) is 4.74 Å². The molecule has 28 heavy (non-hydrogen) atoms. The molecule has 0 radical (unpaired) electrons. The minimum absolute atomic E-state index is 0.154. The lowest BCUT2D eigenvalue weighted by Gasteiger charge is -2.29. The average Bonchev–Trinajstić information content (AvgIpc) is 2.99. The Labute approximate surface area is 165 Å². The minimum atomic E-state index is -0.580. The van der Waals surface area contributed by atoms with Gasteiger partial charge in [-0.15, -0.1) is 0 Å². The second kappa shape index (κ2) is 7.91. The molecule has 3 aliphatic heterocycles. The second-order valence-corrected chi connectivity index (χ2v) is 8.09. The van der Waals surface area contributed by atoms with Gasteiger partial charge in [0.15, 0.2) is 0 Å². The van der Waals surface area contributed by atoms with Gasteiger partial charge in [-0.25, -0.2) is 0 Å². The van der Waals surface area contributed by atoms with E-state index >= 15 is 0 Å². The quantitative estimate of drug-likeness (QED) is 0.778. The average molecular weight is 385 g/mol. The number of carbonyl (C=O) groups is 3. The molecule has 3 aliphatic rings. The maximum absolute atomic E-state index is 12.7. The fourth-order valence-electron chi connectivity index (χ4n) is 4.22. The summed E-state index contributed by atoms with van der Waals surface area (Å²) >= 11 is 0. The molecule has 1 aromatic carbocycles. The summed E-state index contributed by atoms with van der Waals surface area (Å²) in [5, 5.41) is 2.33. The Hall–Kier alpha value is -2.41. The fourth-order valence-corrected chi connectivity index (χ4v) is 4.22. The van der Waals surface area contributed by atoms with Crippen LogP contribution in [-0.4, -0.2) is 59.8 Å². The number of nitrogens with zero attached hydrogens (tertiary/aromatic N) is 2. The minimum Gasteiger partial charge on any atom is -0.492 e. The maximum atomic E-state index is 12.7. The summed E-state index contributed by atoms with van der Waals surface area (Å²) in [6, 6.07) is 4.92. The molecule has 0 bridgehead atoms. The van der Waals surface area contributed by atoms with E-state index in [1.54, 1.807) is 11.0 Å². The molecule has 2 fully saturated rings. The first-order valence-corrected chi connectivity index (χ1v) is 10.1. The van der Waals surface area contributed by atoms with Crippen molar-refractivity contribution in [3.05, 3.63) is 29.3 Å². The molecule has 0 spiro atoms. The molecule has 4 rings (SSSR count). The van der Waals surface area contributed by atoms with Crippen LogP contribution in [0.2, 0.25) is 0 Å². The third kappa shape index (κ3) is 3.90. The van der Waals surface area contributed by atoms with Crippen LogP contribution in [0.1, 0.15) is 48.5 Å². The summed E-state index contributed by atoms with van der Waals surface area (Å²) in [7, 11) is 0. The number of hydrogen-bond donors (Lipinski definition) is 1. The molecular formula is C21H27N3O4. The lowest BCUT2D eigenvalue weighted by molar-refractivity contribution is -0.136. The number of piperidine rings is 2. The second-order valence-electron chi connectivity index (χ2n) is 8.09. The molecule has 0 aromatic heterocycles. The van der Waals surface area contributed by atoms with Gasteiger partial charge in [-0.2, -0.15) is 0 Å². The van der Waals surface area contributed by atoms with Crippen LogP contribution in [0, 0.1) is 5.92 Å². The van der Waals surface area contributed by atoms with Crippen molar-refractivity contribution in [1.82, 2.24) is 15.1 Å². The lowest BCUT2D eigenvalue weighted by atomic mass is 9.99. The predicted octanol–water partition coefficient (Wildman–Crippen LogP) is 1.56. The lowest BCUT2D eigenvalue weighted by Crippen LogP contribution is -2.52. The van der Waals surface area contributed by atoms with Crippen LogP contribution in [-0.2, 0) is 16.1 Å². The molecule has 150 valence electrons. The third-order valence-electron chi connectivity index (χ3n) is 6.05. The molecule has 2 saturated heterocycles. The van der Waals surface area contributed by atoms with Crippen molar-refractivity contribution < 1.29 is 19.1 Å². The van der Waals surface area contributed by atoms with Crippen molar-refractivity contribution in [2.45, 2.75) is 45.2 Å². The number of hydrogen-bond acceptors (Lipinski definition) is 5. The van der Waals surface area contributed by atoms with Gasteiger partial charge in [0.2, 0.25) is 11.8 Å². The molecule has 1 unspecified atom stereocenters. The van der Waals surface area contributed by atoms with Crippen molar-refractivity contribution in [2.24, 2.45) is 5.92 Å². The van der Waals surface area contributed by atoms with Gasteiger partial charge >= 0.3 is 0 Å². The van der Waals surface area contributed by atoms with Gasteiger partial charge in [-0.05, 0) is 62.0 Å². The SMILES string of the molecule is CC1CCN(CCOc2ccc3c(c2)CN(C2CCC(=O)NC2=O)C3=O)CC1. The Balaban J connectivity index is 1.34. The van der Waals surface area contributed by atoms with Gasteiger partial charge in [0.05, 0.1) is 0 Å². The van der Waals surface area contributed by atoms with E-state index in [0.717, 1.165) is 36.9 Å². The highest BCUT2D eigenvalue weighted by Crippen LogP contribution is 2.30. The molecule has 1 atom stereocenters. The largest absolute Gasteiger partial charge is 0.492 e. The van der Waals surface area contributed by atoms with Gasteiger partial charge in [0.25, 0.3) is 5.91 Å². The van der Waals surface area contributed by atoms with Crippen LogP contribution in [0.5, 0.6) is 5.75 Å². The highest BCUT2D eigenvalue weighted by atomic mass is 16.5. The first kappa shape index (κ1) is 18.9. The van der Waals surface area contributed by atoms with Gasteiger partial charge < -0.3 is 9.64 Å². The Bertz CT molecular complexity index is 786. The highest BCUT2D eigenvalue weighted by molar-refractivity contribution is 6.05. The number of likely N-dealkylation sites (tertiary alicyclic amines) is 1. The third-order valence-corrected chi connectivity index (χ3v) is 6.05. The van der Waals surface area contributed by atoms with Crippen LogP contribution in [0.15, 0.2) is 18.2 Å². The van der Waals surface area contributed by atoms with Crippen LogP contribution in [0.25, 0.3) is 0 Å². The van der Waals surface area contributed by atoms with Crippen molar-refractivity contribution in [3.63, 3.8) is 0 Å². The number of nitrogens with one attached hydrogen (secondary N) is 1. The van der Waals surface area contributed by atoms with Crippen LogP contribution >= 0.6 is 0 Å². The molecule has 0 saturated carbocycles. The van der Waals surface area contributed by atoms with Crippen LogP contribution < -0.4 is 10.1 Å². The zero-order valence-corrected chi connectivity index (χ0v) is 16.3. The topological polar surface area (TPSA) is 79.0 Å². The Morgan fingerprint density at radius 2 is 1.93 bits per heavy atom. The summed E-state index contributed by atoms with van der Waals surface area (Å²) in [5.41, 5.74) is 1.49. The Morgan fingerprint density at radius 3 is 2.68 bits per heavy atom. The molecule has 7 heteroatoms. The fraction of sp³-hybridized carbons (Fsp3) is 0.571.